The van der Waals surface area contributed by atoms with Crippen LogP contribution in [0.15, 0.2) is 24.5 Å². The van der Waals surface area contributed by atoms with E-state index in [9.17, 15) is 0 Å². The van der Waals surface area contributed by atoms with Crippen LogP contribution in [0.1, 0.15) is 45.6 Å². The Morgan fingerprint density at radius 1 is 1.13 bits per heavy atom. The van der Waals surface area contributed by atoms with Gasteiger partial charge in [0, 0.05) is 12.4 Å². The topological polar surface area (TPSA) is 24.9 Å². The highest BCUT2D eigenvalue weighted by Gasteiger charge is 2.13. The molecule has 0 bridgehead atoms. The van der Waals surface area contributed by atoms with Gasteiger partial charge in [-0.25, -0.2) is 0 Å². The molecule has 2 rings (SSSR count). The first kappa shape index (κ1) is 14.1. The smallest absolute Gasteiger partial charge is 0.0270 e. The van der Waals surface area contributed by atoms with Gasteiger partial charge in [0.1, 0.15) is 0 Å². The zero-order valence-corrected chi connectivity index (χ0v) is 9.16. The summed E-state index contributed by atoms with van der Waals surface area (Å²) < 4.78 is 0. The second-order valence-corrected chi connectivity index (χ2v) is 3.30. The van der Waals surface area contributed by atoms with E-state index in [-0.39, 0.29) is 7.43 Å². The predicted molar refractivity (Wildman–Crippen MR) is 67.2 cm³/mol. The largest absolute Gasteiger partial charge is 0.317 e. The molecule has 0 unspecified atom stereocenters. The minimum absolute atomic E-state index is 0. The van der Waals surface area contributed by atoms with Crippen molar-refractivity contribution in [2.75, 3.05) is 13.1 Å². The van der Waals surface area contributed by atoms with Crippen molar-refractivity contribution in [3.8, 4) is 0 Å². The van der Waals surface area contributed by atoms with E-state index in [0.29, 0.717) is 0 Å². The molecule has 1 N–H and O–H groups in total. The number of pyridine rings is 1. The van der Waals surface area contributed by atoms with E-state index in [1.807, 2.05) is 26.2 Å². The lowest BCUT2D eigenvalue weighted by Crippen LogP contribution is -2.26. The molecule has 1 fully saturated rings. The van der Waals surface area contributed by atoms with Crippen LogP contribution < -0.4 is 5.32 Å². The average Bonchev–Trinajstić information content (AvgIpc) is 2.34. The molecular weight excluding hydrogens is 184 g/mol. The second kappa shape index (κ2) is 8.42. The van der Waals surface area contributed by atoms with E-state index in [1.54, 1.807) is 0 Å². The predicted octanol–water partition coefficient (Wildman–Crippen LogP) is 3.21. The summed E-state index contributed by atoms with van der Waals surface area (Å²) in [6.45, 7) is 6.32. The van der Waals surface area contributed by atoms with Crippen molar-refractivity contribution in [1.82, 2.24) is 10.3 Å². The first-order chi connectivity index (χ1) is 6.97. The molecule has 1 saturated heterocycles. The van der Waals surface area contributed by atoms with Gasteiger partial charge in [-0.15, -0.1) is 0 Å². The Balaban J connectivity index is 0.000000617. The fourth-order valence-corrected chi connectivity index (χ4v) is 1.79. The Labute approximate surface area is 94.1 Å². The van der Waals surface area contributed by atoms with E-state index in [2.05, 4.69) is 22.4 Å². The number of aromatic nitrogens is 1. The summed E-state index contributed by atoms with van der Waals surface area (Å²) in [6.07, 6.45) is 6.31. The van der Waals surface area contributed by atoms with Gasteiger partial charge in [-0.2, -0.15) is 0 Å². The summed E-state index contributed by atoms with van der Waals surface area (Å²) in [5, 5.41) is 3.37. The zero-order chi connectivity index (χ0) is 10.2. The molecule has 2 heteroatoms. The molecule has 1 aromatic rings. The average molecular weight is 208 g/mol. The van der Waals surface area contributed by atoms with Crippen molar-refractivity contribution in [2.45, 2.75) is 40.0 Å². The van der Waals surface area contributed by atoms with Crippen LogP contribution in [0.25, 0.3) is 0 Å². The fourth-order valence-electron chi connectivity index (χ4n) is 1.79. The molecule has 0 spiro atoms. The Bertz CT molecular complexity index is 228. The summed E-state index contributed by atoms with van der Waals surface area (Å²) in [6, 6.07) is 4.27. The van der Waals surface area contributed by atoms with E-state index >= 15 is 0 Å². The van der Waals surface area contributed by atoms with E-state index < -0.39 is 0 Å². The van der Waals surface area contributed by atoms with Gasteiger partial charge in [0.05, 0.1) is 0 Å². The molecule has 1 aliphatic rings. The van der Waals surface area contributed by atoms with Gasteiger partial charge < -0.3 is 5.32 Å². The lowest BCUT2D eigenvalue weighted by Gasteiger charge is -2.22. The number of piperidine rings is 1. The van der Waals surface area contributed by atoms with Crippen molar-refractivity contribution >= 4 is 0 Å². The second-order valence-electron chi connectivity index (χ2n) is 3.30. The minimum atomic E-state index is 0. The van der Waals surface area contributed by atoms with Crippen LogP contribution in [0.4, 0.5) is 0 Å². The van der Waals surface area contributed by atoms with Gasteiger partial charge >= 0.3 is 0 Å². The maximum Gasteiger partial charge on any atom is 0.0270 e. The molecule has 86 valence electrons. The van der Waals surface area contributed by atoms with Gasteiger partial charge in [-0.1, -0.05) is 21.3 Å². The van der Waals surface area contributed by atoms with Crippen LogP contribution in [0.2, 0.25) is 0 Å². The van der Waals surface area contributed by atoms with Gasteiger partial charge in [0.2, 0.25) is 0 Å². The molecule has 15 heavy (non-hydrogen) atoms. The standard InChI is InChI=1S/C10H14N2.C2H6.CH4/c1-5-11-6-2-9(1)10-3-7-12-8-4-10;1-2;/h1-2,5-6,10,12H,3-4,7-8H2;1-2H3;1H4. The van der Waals surface area contributed by atoms with Crippen LogP contribution in [0.3, 0.4) is 0 Å². The normalized spacial score (nSPS) is 15.9. The molecule has 0 atom stereocenters. The summed E-state index contributed by atoms with van der Waals surface area (Å²) in [5.74, 6) is 0.759. The van der Waals surface area contributed by atoms with Gasteiger partial charge in [-0.05, 0) is 49.5 Å². The van der Waals surface area contributed by atoms with E-state index in [0.717, 1.165) is 19.0 Å². The Hall–Kier alpha value is -0.890. The maximum absolute atomic E-state index is 4.02. The van der Waals surface area contributed by atoms with Crippen LogP contribution in [0.5, 0.6) is 0 Å². The fraction of sp³-hybridized carbons (Fsp3) is 0.615. The van der Waals surface area contributed by atoms with Crippen molar-refractivity contribution in [3.05, 3.63) is 30.1 Å². The lowest BCUT2D eigenvalue weighted by molar-refractivity contribution is 0.460. The molecule has 1 aliphatic heterocycles. The minimum Gasteiger partial charge on any atom is -0.317 e. The molecule has 2 nitrogen and oxygen atoms in total. The van der Waals surface area contributed by atoms with Crippen LogP contribution in [-0.4, -0.2) is 18.1 Å². The number of nitrogens with one attached hydrogen (secondary N) is 1. The number of hydrogen-bond acceptors (Lipinski definition) is 2. The number of nitrogens with zero attached hydrogens (tertiary/aromatic N) is 1. The monoisotopic (exact) mass is 208 g/mol. The Morgan fingerprint density at radius 2 is 1.67 bits per heavy atom. The zero-order valence-electron chi connectivity index (χ0n) is 9.16. The van der Waals surface area contributed by atoms with Crippen molar-refractivity contribution in [1.29, 1.82) is 0 Å². The van der Waals surface area contributed by atoms with Gasteiger partial charge in [0.25, 0.3) is 0 Å². The van der Waals surface area contributed by atoms with Crippen LogP contribution >= 0.6 is 0 Å². The molecule has 0 saturated carbocycles. The Kier molecular flexibility index (Phi) is 7.92. The van der Waals surface area contributed by atoms with Gasteiger partial charge in [0.15, 0.2) is 0 Å². The van der Waals surface area contributed by atoms with Crippen molar-refractivity contribution < 1.29 is 0 Å². The van der Waals surface area contributed by atoms with Crippen LogP contribution in [-0.2, 0) is 0 Å². The molecule has 0 aromatic carbocycles. The lowest BCUT2D eigenvalue weighted by atomic mass is 9.91. The molecule has 1 aromatic heterocycles. The molecule has 0 amide bonds. The van der Waals surface area contributed by atoms with E-state index in [4.69, 9.17) is 0 Å². The van der Waals surface area contributed by atoms with Crippen molar-refractivity contribution in [2.24, 2.45) is 0 Å². The SMILES string of the molecule is C.CC.c1cc(C2CCNCC2)ccn1. The quantitative estimate of drug-likeness (QED) is 0.766. The molecule has 0 radical (unpaired) electrons. The molecule has 2 heterocycles. The highest BCUT2D eigenvalue weighted by Crippen LogP contribution is 2.23. The molecular formula is C13H24N2. The van der Waals surface area contributed by atoms with E-state index in [1.165, 1.54) is 18.4 Å². The Morgan fingerprint density at radius 3 is 2.20 bits per heavy atom. The summed E-state index contributed by atoms with van der Waals surface area (Å²) >= 11 is 0. The first-order valence-electron chi connectivity index (χ1n) is 5.57. The highest BCUT2D eigenvalue weighted by atomic mass is 14.9. The maximum atomic E-state index is 4.02. The number of hydrogen-bond donors (Lipinski definition) is 1. The molecule has 0 aliphatic carbocycles. The first-order valence-corrected chi connectivity index (χ1v) is 5.57. The third-order valence-electron chi connectivity index (χ3n) is 2.52. The van der Waals surface area contributed by atoms with Crippen LogP contribution in [0, 0.1) is 0 Å². The van der Waals surface area contributed by atoms with Crippen molar-refractivity contribution in [3.63, 3.8) is 0 Å². The summed E-state index contributed by atoms with van der Waals surface area (Å²) in [4.78, 5) is 4.02. The number of rotatable bonds is 1. The third kappa shape index (κ3) is 4.43. The highest BCUT2D eigenvalue weighted by molar-refractivity contribution is 5.16. The van der Waals surface area contributed by atoms with Gasteiger partial charge in [-0.3, -0.25) is 4.98 Å². The summed E-state index contributed by atoms with van der Waals surface area (Å²) in [5.41, 5.74) is 1.45. The summed E-state index contributed by atoms with van der Waals surface area (Å²) in [7, 11) is 0. The third-order valence-corrected chi connectivity index (χ3v) is 2.52.